The smallest absolute Gasteiger partial charge is 0.0916 e. The summed E-state index contributed by atoms with van der Waals surface area (Å²) in [5.74, 6) is 0. The van der Waals surface area contributed by atoms with E-state index in [1.807, 2.05) is 18.7 Å². The van der Waals surface area contributed by atoms with Crippen LogP contribution in [0.3, 0.4) is 0 Å². The third-order valence-electron chi connectivity index (χ3n) is 3.75. The van der Waals surface area contributed by atoms with E-state index < -0.39 is 6.10 Å². The molecule has 1 N–H and O–H groups in total. The number of aliphatic hydroxyl groups is 1. The molecule has 17 heavy (non-hydrogen) atoms. The number of aliphatic hydroxyl groups excluding tert-OH is 1. The normalized spacial score (nSPS) is 26.4. The van der Waals surface area contributed by atoms with Gasteiger partial charge in [0.05, 0.1) is 17.4 Å². The van der Waals surface area contributed by atoms with Gasteiger partial charge in [0.25, 0.3) is 0 Å². The lowest BCUT2D eigenvalue weighted by molar-refractivity contribution is -0.0773. The summed E-state index contributed by atoms with van der Waals surface area (Å²) in [6, 6.07) is 2.07. The summed E-state index contributed by atoms with van der Waals surface area (Å²) in [7, 11) is 1.93. The van der Waals surface area contributed by atoms with E-state index in [0.717, 1.165) is 37.3 Å². The minimum Gasteiger partial charge on any atom is -0.390 e. The number of hydrogen-bond donors (Lipinski definition) is 1. The molecule has 2 unspecified atom stereocenters. The van der Waals surface area contributed by atoms with Gasteiger partial charge < -0.3 is 9.84 Å². The minimum absolute atomic E-state index is 0.378. The Bertz CT molecular complexity index is 381. The van der Waals surface area contributed by atoms with Gasteiger partial charge >= 0.3 is 0 Å². The van der Waals surface area contributed by atoms with Crippen LogP contribution in [0, 0.1) is 0 Å². The summed E-state index contributed by atoms with van der Waals surface area (Å²) in [4.78, 5) is 0. The van der Waals surface area contributed by atoms with E-state index in [4.69, 9.17) is 4.74 Å². The Labute approximate surface area is 103 Å². The first-order valence-corrected chi connectivity index (χ1v) is 6.39. The largest absolute Gasteiger partial charge is 0.390 e. The van der Waals surface area contributed by atoms with Gasteiger partial charge in [0.1, 0.15) is 0 Å². The zero-order valence-electron chi connectivity index (χ0n) is 10.9. The molecule has 1 aliphatic rings. The van der Waals surface area contributed by atoms with Crippen molar-refractivity contribution in [2.45, 2.75) is 51.2 Å². The summed E-state index contributed by atoms with van der Waals surface area (Å²) < 4.78 is 7.53. The second-order valence-corrected chi connectivity index (χ2v) is 5.09. The van der Waals surface area contributed by atoms with Crippen molar-refractivity contribution in [1.82, 2.24) is 9.78 Å². The van der Waals surface area contributed by atoms with Crippen LogP contribution in [0.5, 0.6) is 0 Å². The van der Waals surface area contributed by atoms with Gasteiger partial charge in [-0.2, -0.15) is 5.10 Å². The Hall–Kier alpha value is -0.870. The molecule has 4 heteroatoms. The van der Waals surface area contributed by atoms with Gasteiger partial charge in [-0.05, 0) is 32.3 Å². The van der Waals surface area contributed by atoms with Crippen LogP contribution in [-0.2, 0) is 24.6 Å². The van der Waals surface area contributed by atoms with Crippen LogP contribution >= 0.6 is 0 Å². The molecule has 1 fully saturated rings. The molecule has 1 aromatic rings. The van der Waals surface area contributed by atoms with E-state index in [0.29, 0.717) is 6.42 Å². The average molecular weight is 238 g/mol. The van der Waals surface area contributed by atoms with Crippen LogP contribution in [0.25, 0.3) is 0 Å². The zero-order chi connectivity index (χ0) is 12.5. The van der Waals surface area contributed by atoms with Gasteiger partial charge in [-0.15, -0.1) is 0 Å². The van der Waals surface area contributed by atoms with Crippen molar-refractivity contribution in [3.05, 3.63) is 17.5 Å². The van der Waals surface area contributed by atoms with Gasteiger partial charge in [-0.3, -0.25) is 4.68 Å². The van der Waals surface area contributed by atoms with Crippen LogP contribution in [0.15, 0.2) is 6.07 Å². The Morgan fingerprint density at radius 1 is 1.65 bits per heavy atom. The van der Waals surface area contributed by atoms with Crippen molar-refractivity contribution in [2.75, 3.05) is 6.61 Å². The lowest BCUT2D eigenvalue weighted by atomic mass is 9.92. The predicted molar refractivity (Wildman–Crippen MR) is 65.9 cm³/mol. The van der Waals surface area contributed by atoms with Gasteiger partial charge in [0, 0.05) is 25.8 Å². The number of ether oxygens (including phenoxy) is 1. The van der Waals surface area contributed by atoms with Crippen molar-refractivity contribution in [3.8, 4) is 0 Å². The van der Waals surface area contributed by atoms with E-state index >= 15 is 0 Å². The molecule has 0 saturated carbocycles. The van der Waals surface area contributed by atoms with Crippen molar-refractivity contribution in [1.29, 1.82) is 0 Å². The van der Waals surface area contributed by atoms with Crippen LogP contribution in [-0.4, -0.2) is 33.2 Å². The summed E-state index contributed by atoms with van der Waals surface area (Å²) in [6.07, 6.45) is 3.06. The fourth-order valence-electron chi connectivity index (χ4n) is 2.41. The maximum Gasteiger partial charge on any atom is 0.0916 e. The van der Waals surface area contributed by atoms with Crippen molar-refractivity contribution >= 4 is 0 Å². The molecule has 0 aliphatic carbocycles. The molecular weight excluding hydrogens is 216 g/mol. The highest BCUT2D eigenvalue weighted by molar-refractivity contribution is 5.12. The summed E-state index contributed by atoms with van der Waals surface area (Å²) in [5, 5.41) is 14.7. The highest BCUT2D eigenvalue weighted by Gasteiger charge is 2.37. The van der Waals surface area contributed by atoms with E-state index in [2.05, 4.69) is 18.1 Å². The third kappa shape index (κ3) is 2.53. The number of aryl methyl sites for hydroxylation is 2. The molecule has 1 aliphatic heterocycles. The molecule has 0 spiro atoms. The highest BCUT2D eigenvalue weighted by atomic mass is 16.5. The molecule has 96 valence electrons. The van der Waals surface area contributed by atoms with Gasteiger partial charge in [0.15, 0.2) is 0 Å². The first kappa shape index (κ1) is 12.6. The Balaban J connectivity index is 2.06. The van der Waals surface area contributed by atoms with Crippen molar-refractivity contribution < 1.29 is 9.84 Å². The SMILES string of the molecule is CCc1cc(CC(O)C2(C)CCCO2)n(C)n1. The lowest BCUT2D eigenvalue weighted by Crippen LogP contribution is -2.40. The first-order valence-electron chi connectivity index (χ1n) is 6.39. The third-order valence-corrected chi connectivity index (χ3v) is 3.75. The van der Waals surface area contributed by atoms with Crippen LogP contribution in [0.1, 0.15) is 38.1 Å². The van der Waals surface area contributed by atoms with Gasteiger partial charge in [-0.25, -0.2) is 0 Å². The molecule has 2 rings (SSSR count). The van der Waals surface area contributed by atoms with Crippen molar-refractivity contribution in [3.63, 3.8) is 0 Å². The molecule has 0 amide bonds. The summed E-state index contributed by atoms with van der Waals surface area (Å²) in [5.41, 5.74) is 1.77. The number of nitrogens with zero attached hydrogens (tertiary/aromatic N) is 2. The maximum atomic E-state index is 10.3. The molecule has 0 aromatic carbocycles. The van der Waals surface area contributed by atoms with Crippen LogP contribution in [0.4, 0.5) is 0 Å². The quantitative estimate of drug-likeness (QED) is 0.863. The highest BCUT2D eigenvalue weighted by Crippen LogP contribution is 2.30. The van der Waals surface area contributed by atoms with Crippen molar-refractivity contribution in [2.24, 2.45) is 7.05 Å². The summed E-state index contributed by atoms with van der Waals surface area (Å²) >= 11 is 0. The van der Waals surface area contributed by atoms with Crippen LogP contribution < -0.4 is 0 Å². The second-order valence-electron chi connectivity index (χ2n) is 5.09. The van der Waals surface area contributed by atoms with E-state index in [9.17, 15) is 5.11 Å². The Morgan fingerprint density at radius 3 is 2.94 bits per heavy atom. The topological polar surface area (TPSA) is 47.3 Å². The molecule has 2 heterocycles. The van der Waals surface area contributed by atoms with Gasteiger partial charge in [-0.1, -0.05) is 6.92 Å². The minimum atomic E-state index is -0.454. The summed E-state index contributed by atoms with van der Waals surface area (Å²) in [6.45, 7) is 4.85. The monoisotopic (exact) mass is 238 g/mol. The molecule has 1 saturated heterocycles. The Kier molecular flexibility index (Phi) is 3.54. The molecule has 0 radical (unpaired) electrons. The van der Waals surface area contributed by atoms with E-state index in [1.165, 1.54) is 0 Å². The standard InChI is InChI=1S/C13H22N2O2/c1-4-10-8-11(15(3)14-10)9-12(16)13(2)6-5-7-17-13/h8,12,16H,4-7,9H2,1-3H3. The van der Waals surface area contributed by atoms with Gasteiger partial charge in [0.2, 0.25) is 0 Å². The maximum absolute atomic E-state index is 10.3. The number of rotatable bonds is 4. The molecule has 0 bridgehead atoms. The molecule has 2 atom stereocenters. The fourth-order valence-corrected chi connectivity index (χ4v) is 2.41. The average Bonchev–Trinajstić information content (AvgIpc) is 2.87. The van der Waals surface area contributed by atoms with E-state index in [-0.39, 0.29) is 5.60 Å². The second kappa shape index (κ2) is 4.78. The molecular formula is C13H22N2O2. The van der Waals surface area contributed by atoms with Crippen LogP contribution in [0.2, 0.25) is 0 Å². The predicted octanol–water partition coefficient (Wildman–Crippen LogP) is 1.45. The number of hydrogen-bond acceptors (Lipinski definition) is 3. The fraction of sp³-hybridized carbons (Fsp3) is 0.769. The Morgan fingerprint density at radius 2 is 2.41 bits per heavy atom. The van der Waals surface area contributed by atoms with E-state index in [1.54, 1.807) is 0 Å². The molecule has 4 nitrogen and oxygen atoms in total. The first-order chi connectivity index (χ1) is 8.05. The number of aromatic nitrogens is 2. The zero-order valence-corrected chi connectivity index (χ0v) is 10.9. The lowest BCUT2D eigenvalue weighted by Gasteiger charge is -2.29. The molecule has 1 aromatic heterocycles.